The van der Waals surface area contributed by atoms with Crippen LogP contribution >= 0.6 is 0 Å². The number of para-hydroxylation sites is 1. The van der Waals surface area contributed by atoms with E-state index in [2.05, 4.69) is 15.6 Å². The molecule has 28 heavy (non-hydrogen) atoms. The fraction of sp³-hybridized carbons (Fsp3) is 0.444. The number of carboxylic acid groups (broad SMARTS) is 1. The minimum atomic E-state index is -2.91. The van der Waals surface area contributed by atoms with E-state index in [1.54, 1.807) is 30.3 Å². The van der Waals surface area contributed by atoms with Crippen LogP contribution in [0.5, 0.6) is 0 Å². The van der Waals surface area contributed by atoms with Gasteiger partial charge in [-0.3, -0.25) is 9.59 Å². The van der Waals surface area contributed by atoms with Gasteiger partial charge in [0.1, 0.15) is 5.69 Å². The van der Waals surface area contributed by atoms with Crippen molar-refractivity contribution < 1.29 is 23.5 Å². The third-order valence-electron chi connectivity index (χ3n) is 4.63. The maximum atomic E-state index is 13.7. The molecule has 0 radical (unpaired) electrons. The number of benzene rings is 1. The molecule has 2 heterocycles. The van der Waals surface area contributed by atoms with E-state index < -0.39 is 24.0 Å². The number of hydrogen-bond donors (Lipinski definition) is 2. The normalized spacial score (nSPS) is 17.1. The van der Waals surface area contributed by atoms with E-state index in [0.29, 0.717) is 31.7 Å². The quantitative estimate of drug-likeness (QED) is 0.743. The number of aromatic nitrogens is 3. The number of nitrogens with one attached hydrogen (secondary N) is 1. The lowest BCUT2D eigenvalue weighted by molar-refractivity contribution is -0.136. The molecule has 1 aliphatic heterocycles. The van der Waals surface area contributed by atoms with Crippen molar-refractivity contribution in [2.75, 3.05) is 26.2 Å². The van der Waals surface area contributed by atoms with Crippen molar-refractivity contribution in [3.8, 4) is 5.69 Å². The SMILES string of the molecule is O=C(O)CNCC1CCCN(C(=O)c2nnn(-c3ccccc3)c2C(F)F)C1. The summed E-state index contributed by atoms with van der Waals surface area (Å²) in [5.41, 5.74) is -0.473. The van der Waals surface area contributed by atoms with E-state index in [-0.39, 0.29) is 18.2 Å². The average molecular weight is 393 g/mol. The van der Waals surface area contributed by atoms with Crippen LogP contribution in [0.3, 0.4) is 0 Å². The Labute approximate surface area is 160 Å². The summed E-state index contributed by atoms with van der Waals surface area (Å²) in [6.07, 6.45) is -1.37. The Hall–Kier alpha value is -2.88. The van der Waals surface area contributed by atoms with Crippen LogP contribution in [0.15, 0.2) is 30.3 Å². The van der Waals surface area contributed by atoms with Crippen LogP contribution < -0.4 is 5.32 Å². The first-order valence-electron chi connectivity index (χ1n) is 8.98. The lowest BCUT2D eigenvalue weighted by atomic mass is 9.97. The van der Waals surface area contributed by atoms with Crippen LogP contribution in [0, 0.1) is 5.92 Å². The predicted octanol–water partition coefficient (Wildman–Crippen LogP) is 1.73. The van der Waals surface area contributed by atoms with E-state index in [1.807, 2.05) is 0 Å². The Balaban J connectivity index is 1.76. The molecule has 0 aliphatic carbocycles. The van der Waals surface area contributed by atoms with Crippen LogP contribution in [0.25, 0.3) is 5.69 Å². The molecule has 2 N–H and O–H groups in total. The Morgan fingerprint density at radius 3 is 2.71 bits per heavy atom. The molecule has 0 saturated carbocycles. The van der Waals surface area contributed by atoms with Gasteiger partial charge in [-0.1, -0.05) is 23.4 Å². The highest BCUT2D eigenvalue weighted by Crippen LogP contribution is 2.26. The summed E-state index contributed by atoms with van der Waals surface area (Å²) in [6, 6.07) is 8.35. The smallest absolute Gasteiger partial charge is 0.317 e. The number of carbonyl (C=O) groups is 2. The molecule has 150 valence electrons. The number of aliphatic carboxylic acids is 1. The molecular weight excluding hydrogens is 372 g/mol. The van der Waals surface area contributed by atoms with E-state index >= 15 is 0 Å². The molecular formula is C18H21F2N5O3. The molecule has 1 atom stereocenters. The highest BCUT2D eigenvalue weighted by Gasteiger charge is 2.32. The molecule has 1 aliphatic rings. The van der Waals surface area contributed by atoms with Gasteiger partial charge in [0.2, 0.25) is 0 Å². The zero-order valence-corrected chi connectivity index (χ0v) is 15.1. The molecule has 2 aromatic rings. The topological polar surface area (TPSA) is 100 Å². The predicted molar refractivity (Wildman–Crippen MR) is 95.4 cm³/mol. The highest BCUT2D eigenvalue weighted by molar-refractivity contribution is 5.93. The number of rotatable bonds is 7. The average Bonchev–Trinajstić information content (AvgIpc) is 3.13. The lowest BCUT2D eigenvalue weighted by Crippen LogP contribution is -2.43. The van der Waals surface area contributed by atoms with Crippen LogP contribution in [0.2, 0.25) is 0 Å². The second kappa shape index (κ2) is 8.87. The van der Waals surface area contributed by atoms with Crippen molar-refractivity contribution in [3.05, 3.63) is 41.7 Å². The van der Waals surface area contributed by atoms with E-state index in [9.17, 15) is 18.4 Å². The molecule has 3 rings (SSSR count). The van der Waals surface area contributed by atoms with E-state index in [0.717, 1.165) is 11.1 Å². The van der Waals surface area contributed by atoms with Gasteiger partial charge in [0, 0.05) is 19.6 Å². The van der Waals surface area contributed by atoms with E-state index in [4.69, 9.17) is 5.11 Å². The second-order valence-corrected chi connectivity index (χ2v) is 6.66. The van der Waals surface area contributed by atoms with Gasteiger partial charge in [-0.25, -0.2) is 13.5 Å². The van der Waals surface area contributed by atoms with Crippen molar-refractivity contribution in [1.82, 2.24) is 25.2 Å². The number of amides is 1. The first-order valence-corrected chi connectivity index (χ1v) is 8.98. The molecule has 1 amide bonds. The minimum absolute atomic E-state index is 0.0521. The Morgan fingerprint density at radius 1 is 1.29 bits per heavy atom. The van der Waals surface area contributed by atoms with Gasteiger partial charge >= 0.3 is 5.97 Å². The van der Waals surface area contributed by atoms with Gasteiger partial charge in [0.15, 0.2) is 5.69 Å². The molecule has 1 aromatic carbocycles. The van der Waals surface area contributed by atoms with Gasteiger partial charge < -0.3 is 15.3 Å². The number of carbonyl (C=O) groups excluding carboxylic acids is 1. The maximum absolute atomic E-state index is 13.7. The van der Waals surface area contributed by atoms with Gasteiger partial charge in [0.25, 0.3) is 12.3 Å². The van der Waals surface area contributed by atoms with Crippen molar-refractivity contribution in [3.63, 3.8) is 0 Å². The largest absolute Gasteiger partial charge is 0.480 e. The maximum Gasteiger partial charge on any atom is 0.317 e. The van der Waals surface area contributed by atoms with Gasteiger partial charge in [0.05, 0.1) is 12.2 Å². The van der Waals surface area contributed by atoms with Crippen molar-refractivity contribution in [2.45, 2.75) is 19.3 Å². The molecule has 1 aromatic heterocycles. The summed E-state index contributed by atoms with van der Waals surface area (Å²) in [5, 5.41) is 19.0. The molecule has 1 saturated heterocycles. The Morgan fingerprint density at radius 2 is 2.04 bits per heavy atom. The number of alkyl halides is 2. The van der Waals surface area contributed by atoms with Crippen LogP contribution in [0.4, 0.5) is 8.78 Å². The summed E-state index contributed by atoms with van der Waals surface area (Å²) in [7, 11) is 0. The highest BCUT2D eigenvalue weighted by atomic mass is 19.3. The number of halogens is 2. The Kier molecular flexibility index (Phi) is 6.30. The summed E-state index contributed by atoms with van der Waals surface area (Å²) >= 11 is 0. The van der Waals surface area contributed by atoms with Crippen molar-refractivity contribution in [2.24, 2.45) is 5.92 Å². The molecule has 0 bridgehead atoms. The zero-order valence-electron chi connectivity index (χ0n) is 15.1. The van der Waals surface area contributed by atoms with Crippen molar-refractivity contribution >= 4 is 11.9 Å². The van der Waals surface area contributed by atoms with Gasteiger partial charge in [-0.2, -0.15) is 0 Å². The molecule has 10 heteroatoms. The Bertz CT molecular complexity index is 828. The summed E-state index contributed by atoms with van der Waals surface area (Å²) in [6.45, 7) is 1.07. The van der Waals surface area contributed by atoms with Gasteiger partial charge in [-0.15, -0.1) is 5.10 Å². The van der Waals surface area contributed by atoms with Crippen LogP contribution in [-0.2, 0) is 4.79 Å². The number of carboxylic acids is 1. The summed E-state index contributed by atoms with van der Waals surface area (Å²) in [5.74, 6) is -1.49. The third-order valence-corrected chi connectivity index (χ3v) is 4.63. The first kappa shape index (κ1) is 19.9. The number of likely N-dealkylation sites (tertiary alicyclic amines) is 1. The number of hydrogen-bond acceptors (Lipinski definition) is 5. The lowest BCUT2D eigenvalue weighted by Gasteiger charge is -2.32. The number of nitrogens with zero attached hydrogens (tertiary/aromatic N) is 4. The standard InChI is InChI=1S/C18H21F2N5O3/c19-17(20)16-15(22-23-25(16)13-6-2-1-3-7-13)18(28)24-8-4-5-12(11-24)9-21-10-14(26)27/h1-3,6-7,12,17,21H,4-5,8-11H2,(H,26,27). The molecule has 0 spiro atoms. The van der Waals surface area contributed by atoms with Gasteiger partial charge in [-0.05, 0) is 30.9 Å². The van der Waals surface area contributed by atoms with Crippen LogP contribution in [-0.4, -0.2) is 63.1 Å². The number of piperidine rings is 1. The molecule has 1 unspecified atom stereocenters. The van der Waals surface area contributed by atoms with Crippen molar-refractivity contribution in [1.29, 1.82) is 0 Å². The summed E-state index contributed by atoms with van der Waals surface area (Å²) in [4.78, 5) is 25.0. The minimum Gasteiger partial charge on any atom is -0.480 e. The van der Waals surface area contributed by atoms with Crippen LogP contribution in [0.1, 0.15) is 35.4 Å². The fourth-order valence-corrected chi connectivity index (χ4v) is 3.35. The molecule has 1 fully saturated rings. The third kappa shape index (κ3) is 4.50. The monoisotopic (exact) mass is 393 g/mol. The first-order chi connectivity index (χ1) is 13.5. The summed E-state index contributed by atoms with van der Waals surface area (Å²) < 4.78 is 28.4. The zero-order chi connectivity index (χ0) is 20.1. The second-order valence-electron chi connectivity index (χ2n) is 6.66. The fourth-order valence-electron chi connectivity index (χ4n) is 3.35. The van der Waals surface area contributed by atoms with E-state index in [1.165, 1.54) is 4.90 Å². The molecule has 8 nitrogen and oxygen atoms in total.